The molecule has 0 saturated carbocycles. The normalized spacial score (nSPS) is 23.2. The maximum Gasteiger partial charge on any atom is 0.0781 e. The van der Waals surface area contributed by atoms with E-state index in [1.807, 2.05) is 19.1 Å². The van der Waals surface area contributed by atoms with Crippen molar-refractivity contribution in [3.8, 4) is 0 Å². The fourth-order valence-corrected chi connectivity index (χ4v) is 2.74. The fourth-order valence-electron chi connectivity index (χ4n) is 2.74. The third-order valence-corrected chi connectivity index (χ3v) is 3.75. The molecule has 2 rings (SSSR count). The van der Waals surface area contributed by atoms with E-state index < -0.39 is 0 Å². The number of aliphatic hydroxyl groups is 1. The van der Waals surface area contributed by atoms with Crippen LogP contribution in [0.2, 0.25) is 0 Å². The van der Waals surface area contributed by atoms with E-state index in [2.05, 4.69) is 24.0 Å². The minimum Gasteiger partial charge on any atom is -0.389 e. The summed E-state index contributed by atoms with van der Waals surface area (Å²) in [6.45, 7) is 5.26. The lowest BCUT2D eigenvalue weighted by Gasteiger charge is -2.32. The van der Waals surface area contributed by atoms with Crippen molar-refractivity contribution in [3.63, 3.8) is 0 Å². The smallest absolute Gasteiger partial charge is 0.0781 e. The van der Waals surface area contributed by atoms with Crippen LogP contribution >= 0.6 is 0 Å². The van der Waals surface area contributed by atoms with E-state index in [-0.39, 0.29) is 6.10 Å². The molecule has 1 aliphatic rings. The van der Waals surface area contributed by atoms with Gasteiger partial charge in [0.25, 0.3) is 0 Å². The zero-order valence-electron chi connectivity index (χ0n) is 10.9. The van der Waals surface area contributed by atoms with Crippen molar-refractivity contribution >= 4 is 5.69 Å². The van der Waals surface area contributed by atoms with Crippen molar-refractivity contribution in [1.82, 2.24) is 0 Å². The minimum atomic E-state index is -0.387. The second-order valence-corrected chi connectivity index (χ2v) is 5.13. The third kappa shape index (κ3) is 2.81. The molecule has 1 saturated heterocycles. The first-order valence-electron chi connectivity index (χ1n) is 6.74. The van der Waals surface area contributed by atoms with E-state index in [0.717, 1.165) is 12.1 Å². The van der Waals surface area contributed by atoms with Gasteiger partial charge in [-0.05, 0) is 32.8 Å². The monoisotopic (exact) mass is 233 g/mol. The molecule has 2 nitrogen and oxygen atoms in total. The molecule has 17 heavy (non-hydrogen) atoms. The van der Waals surface area contributed by atoms with Gasteiger partial charge in [-0.3, -0.25) is 0 Å². The highest BCUT2D eigenvalue weighted by Gasteiger charge is 2.20. The summed E-state index contributed by atoms with van der Waals surface area (Å²) >= 11 is 0. The van der Waals surface area contributed by atoms with Crippen molar-refractivity contribution in [2.75, 3.05) is 11.4 Å². The summed E-state index contributed by atoms with van der Waals surface area (Å²) in [5.41, 5.74) is 2.28. The van der Waals surface area contributed by atoms with Gasteiger partial charge in [-0.25, -0.2) is 0 Å². The molecule has 0 aliphatic carbocycles. The summed E-state index contributed by atoms with van der Waals surface area (Å²) in [6.07, 6.45) is 4.79. The topological polar surface area (TPSA) is 23.5 Å². The molecule has 1 fully saturated rings. The molecule has 1 N–H and O–H groups in total. The Kier molecular flexibility index (Phi) is 4.06. The molecule has 2 atom stereocenters. The predicted molar refractivity (Wildman–Crippen MR) is 72.4 cm³/mol. The summed E-state index contributed by atoms with van der Waals surface area (Å²) < 4.78 is 0. The van der Waals surface area contributed by atoms with Crippen molar-refractivity contribution in [1.29, 1.82) is 0 Å². The second kappa shape index (κ2) is 5.54. The van der Waals surface area contributed by atoms with E-state index in [1.54, 1.807) is 0 Å². The molecule has 1 heterocycles. The molecule has 1 aliphatic heterocycles. The van der Waals surface area contributed by atoms with Crippen molar-refractivity contribution in [3.05, 3.63) is 29.8 Å². The SMILES string of the molecule is CC1CCCCCN1c1ccccc1[C@H](C)O. The molecule has 1 aromatic carbocycles. The van der Waals surface area contributed by atoms with Crippen LogP contribution in [0.5, 0.6) is 0 Å². The van der Waals surface area contributed by atoms with Crippen LogP contribution in [0.3, 0.4) is 0 Å². The van der Waals surface area contributed by atoms with Crippen LogP contribution in [-0.2, 0) is 0 Å². The zero-order valence-corrected chi connectivity index (χ0v) is 10.9. The Bertz CT molecular complexity index is 362. The van der Waals surface area contributed by atoms with Crippen LogP contribution in [-0.4, -0.2) is 17.7 Å². The van der Waals surface area contributed by atoms with Crippen LogP contribution in [0, 0.1) is 0 Å². The van der Waals surface area contributed by atoms with E-state index in [4.69, 9.17) is 0 Å². The predicted octanol–water partition coefficient (Wildman–Crippen LogP) is 3.51. The summed E-state index contributed by atoms with van der Waals surface area (Å²) in [5.74, 6) is 0. The molecule has 1 aromatic rings. The fraction of sp³-hybridized carbons (Fsp3) is 0.600. The lowest BCUT2D eigenvalue weighted by atomic mass is 10.1. The van der Waals surface area contributed by atoms with Gasteiger partial charge in [0.1, 0.15) is 0 Å². The average Bonchev–Trinajstić information content (AvgIpc) is 2.54. The average molecular weight is 233 g/mol. The van der Waals surface area contributed by atoms with Gasteiger partial charge in [0.05, 0.1) is 6.10 Å². The van der Waals surface area contributed by atoms with Crippen LogP contribution in [0.4, 0.5) is 5.69 Å². The molecule has 0 bridgehead atoms. The van der Waals surface area contributed by atoms with E-state index in [0.29, 0.717) is 6.04 Å². The molecule has 0 spiro atoms. The van der Waals surface area contributed by atoms with Gasteiger partial charge in [0, 0.05) is 23.8 Å². The number of nitrogens with zero attached hydrogens (tertiary/aromatic N) is 1. The molecule has 0 aromatic heterocycles. The molecule has 0 amide bonds. The van der Waals surface area contributed by atoms with Gasteiger partial charge < -0.3 is 10.0 Å². The van der Waals surface area contributed by atoms with E-state index in [9.17, 15) is 5.11 Å². The van der Waals surface area contributed by atoms with Gasteiger partial charge in [-0.15, -0.1) is 0 Å². The molecule has 1 unspecified atom stereocenters. The zero-order chi connectivity index (χ0) is 12.3. The quantitative estimate of drug-likeness (QED) is 0.845. The van der Waals surface area contributed by atoms with Crippen LogP contribution in [0.15, 0.2) is 24.3 Å². The van der Waals surface area contributed by atoms with Crippen molar-refractivity contribution in [2.45, 2.75) is 51.7 Å². The molecule has 2 heteroatoms. The van der Waals surface area contributed by atoms with E-state index >= 15 is 0 Å². The Balaban J connectivity index is 2.30. The van der Waals surface area contributed by atoms with Crippen LogP contribution in [0.1, 0.15) is 51.2 Å². The van der Waals surface area contributed by atoms with Gasteiger partial charge in [0.2, 0.25) is 0 Å². The lowest BCUT2D eigenvalue weighted by molar-refractivity contribution is 0.199. The Labute approximate surface area is 104 Å². The highest BCUT2D eigenvalue weighted by Crippen LogP contribution is 2.30. The van der Waals surface area contributed by atoms with Crippen molar-refractivity contribution < 1.29 is 5.11 Å². The maximum atomic E-state index is 9.87. The summed E-state index contributed by atoms with van der Waals surface area (Å²) in [4.78, 5) is 2.47. The molecular formula is C15H23NO. The Morgan fingerprint density at radius 1 is 1.24 bits per heavy atom. The molecule has 0 radical (unpaired) electrons. The van der Waals surface area contributed by atoms with Crippen LogP contribution < -0.4 is 4.90 Å². The maximum absolute atomic E-state index is 9.87. The second-order valence-electron chi connectivity index (χ2n) is 5.13. The number of hydrogen-bond donors (Lipinski definition) is 1. The summed E-state index contributed by atoms with van der Waals surface area (Å²) in [5, 5.41) is 9.87. The number of rotatable bonds is 2. The highest BCUT2D eigenvalue weighted by atomic mass is 16.3. The Morgan fingerprint density at radius 3 is 2.76 bits per heavy atom. The van der Waals surface area contributed by atoms with E-state index in [1.165, 1.54) is 31.4 Å². The van der Waals surface area contributed by atoms with Crippen LogP contribution in [0.25, 0.3) is 0 Å². The number of para-hydroxylation sites is 1. The highest BCUT2D eigenvalue weighted by molar-refractivity contribution is 5.55. The number of hydrogen-bond acceptors (Lipinski definition) is 2. The lowest BCUT2D eigenvalue weighted by Crippen LogP contribution is -2.33. The van der Waals surface area contributed by atoms with Gasteiger partial charge >= 0.3 is 0 Å². The van der Waals surface area contributed by atoms with Gasteiger partial charge in [-0.1, -0.05) is 31.0 Å². The standard InChI is InChI=1S/C15H23NO/c1-12-8-4-3-7-11-16(12)15-10-6-5-9-14(15)13(2)17/h5-6,9-10,12-13,17H,3-4,7-8,11H2,1-2H3/t12?,13-/m0/s1. The number of anilines is 1. The minimum absolute atomic E-state index is 0.387. The summed E-state index contributed by atoms with van der Waals surface area (Å²) in [7, 11) is 0. The summed E-state index contributed by atoms with van der Waals surface area (Å²) in [6, 6.07) is 8.84. The first-order valence-corrected chi connectivity index (χ1v) is 6.74. The number of aliphatic hydroxyl groups excluding tert-OH is 1. The first kappa shape index (κ1) is 12.4. The van der Waals surface area contributed by atoms with Gasteiger partial charge in [-0.2, -0.15) is 0 Å². The Hall–Kier alpha value is -1.02. The number of benzene rings is 1. The molecule has 94 valence electrons. The van der Waals surface area contributed by atoms with Crippen molar-refractivity contribution in [2.24, 2.45) is 0 Å². The molecular weight excluding hydrogens is 210 g/mol. The largest absolute Gasteiger partial charge is 0.389 e. The Morgan fingerprint density at radius 2 is 2.00 bits per heavy atom. The third-order valence-electron chi connectivity index (χ3n) is 3.75. The van der Waals surface area contributed by atoms with Gasteiger partial charge in [0.15, 0.2) is 0 Å². The first-order chi connectivity index (χ1) is 8.20.